The average molecular weight is 324 g/mol. The Bertz CT molecular complexity index is 555. The SMILES string of the molecule is CN(C)c1ccc(CNc2ccc(Br)cn2)cc1F. The van der Waals surface area contributed by atoms with Crippen LogP contribution < -0.4 is 10.2 Å². The van der Waals surface area contributed by atoms with Crippen molar-refractivity contribution in [3.8, 4) is 0 Å². The minimum Gasteiger partial charge on any atom is -0.375 e. The molecule has 0 aliphatic heterocycles. The summed E-state index contributed by atoms with van der Waals surface area (Å²) in [6, 6.07) is 9.01. The molecule has 5 heteroatoms. The Labute approximate surface area is 120 Å². The van der Waals surface area contributed by atoms with Crippen LogP contribution in [0, 0.1) is 5.82 Å². The van der Waals surface area contributed by atoms with Gasteiger partial charge in [-0.2, -0.15) is 0 Å². The lowest BCUT2D eigenvalue weighted by Crippen LogP contribution is -2.11. The predicted octanol–water partition coefficient (Wildman–Crippen LogP) is 3.66. The largest absolute Gasteiger partial charge is 0.375 e. The number of anilines is 2. The van der Waals surface area contributed by atoms with Gasteiger partial charge < -0.3 is 10.2 Å². The topological polar surface area (TPSA) is 28.2 Å². The monoisotopic (exact) mass is 323 g/mol. The summed E-state index contributed by atoms with van der Waals surface area (Å²) in [5, 5.41) is 3.15. The third-order valence-corrected chi connectivity index (χ3v) is 3.16. The fraction of sp³-hybridized carbons (Fsp3) is 0.214. The third-order valence-electron chi connectivity index (χ3n) is 2.69. The van der Waals surface area contributed by atoms with Crippen LogP contribution in [-0.4, -0.2) is 19.1 Å². The zero-order chi connectivity index (χ0) is 13.8. The summed E-state index contributed by atoms with van der Waals surface area (Å²) in [5.41, 5.74) is 1.47. The van der Waals surface area contributed by atoms with Gasteiger partial charge in [0.05, 0.1) is 5.69 Å². The fourth-order valence-electron chi connectivity index (χ4n) is 1.70. The van der Waals surface area contributed by atoms with Crippen LogP contribution >= 0.6 is 15.9 Å². The van der Waals surface area contributed by atoms with Gasteiger partial charge in [-0.25, -0.2) is 9.37 Å². The summed E-state index contributed by atoms with van der Waals surface area (Å²) in [7, 11) is 3.64. The molecule has 0 aliphatic rings. The Morgan fingerprint density at radius 2 is 2.05 bits per heavy atom. The van der Waals surface area contributed by atoms with E-state index in [1.54, 1.807) is 23.2 Å². The minimum absolute atomic E-state index is 0.215. The maximum absolute atomic E-state index is 13.8. The highest BCUT2D eigenvalue weighted by Crippen LogP contribution is 2.19. The Hall–Kier alpha value is -1.62. The van der Waals surface area contributed by atoms with Crippen molar-refractivity contribution in [2.24, 2.45) is 0 Å². The highest BCUT2D eigenvalue weighted by molar-refractivity contribution is 9.10. The molecule has 0 bridgehead atoms. The van der Waals surface area contributed by atoms with E-state index in [9.17, 15) is 4.39 Å². The van der Waals surface area contributed by atoms with Crippen molar-refractivity contribution < 1.29 is 4.39 Å². The first-order valence-electron chi connectivity index (χ1n) is 5.87. The molecule has 0 amide bonds. The Kier molecular flexibility index (Phi) is 4.37. The quantitative estimate of drug-likeness (QED) is 0.930. The second kappa shape index (κ2) is 6.02. The molecule has 1 aromatic carbocycles. The molecule has 0 atom stereocenters. The van der Waals surface area contributed by atoms with Gasteiger partial charge in [0.25, 0.3) is 0 Å². The summed E-state index contributed by atoms with van der Waals surface area (Å²) >= 11 is 3.33. The van der Waals surface area contributed by atoms with Gasteiger partial charge >= 0.3 is 0 Å². The number of pyridine rings is 1. The molecule has 0 saturated heterocycles. The molecule has 1 aromatic heterocycles. The second-order valence-corrected chi connectivity index (χ2v) is 5.31. The van der Waals surface area contributed by atoms with E-state index in [0.29, 0.717) is 12.2 Å². The van der Waals surface area contributed by atoms with Gasteiger partial charge in [-0.05, 0) is 45.8 Å². The summed E-state index contributed by atoms with van der Waals surface area (Å²) in [6.07, 6.45) is 1.72. The van der Waals surface area contributed by atoms with Crippen LogP contribution in [0.4, 0.5) is 15.9 Å². The molecular formula is C14H15BrFN3. The van der Waals surface area contributed by atoms with Gasteiger partial charge in [-0.3, -0.25) is 0 Å². The lowest BCUT2D eigenvalue weighted by Gasteiger charge is -2.14. The number of hydrogen-bond donors (Lipinski definition) is 1. The van der Waals surface area contributed by atoms with Crippen molar-refractivity contribution >= 4 is 27.4 Å². The van der Waals surface area contributed by atoms with E-state index >= 15 is 0 Å². The van der Waals surface area contributed by atoms with Gasteiger partial charge in [0, 0.05) is 31.3 Å². The first-order chi connectivity index (χ1) is 9.06. The fourth-order valence-corrected chi connectivity index (χ4v) is 1.93. The van der Waals surface area contributed by atoms with Crippen molar-refractivity contribution in [3.05, 3.63) is 52.4 Å². The van der Waals surface area contributed by atoms with Crippen molar-refractivity contribution in [2.75, 3.05) is 24.3 Å². The van der Waals surface area contributed by atoms with E-state index in [1.807, 2.05) is 32.3 Å². The molecule has 19 heavy (non-hydrogen) atoms. The summed E-state index contributed by atoms with van der Waals surface area (Å²) in [5.74, 6) is 0.549. The van der Waals surface area contributed by atoms with Gasteiger partial charge in [0.2, 0.25) is 0 Å². The van der Waals surface area contributed by atoms with Crippen molar-refractivity contribution in [3.63, 3.8) is 0 Å². The number of nitrogens with zero attached hydrogens (tertiary/aromatic N) is 2. The van der Waals surface area contributed by atoms with Gasteiger partial charge in [-0.15, -0.1) is 0 Å². The maximum atomic E-state index is 13.8. The molecule has 2 rings (SSSR count). The Morgan fingerprint density at radius 3 is 2.63 bits per heavy atom. The number of nitrogens with one attached hydrogen (secondary N) is 1. The van der Waals surface area contributed by atoms with Crippen LogP contribution in [0.5, 0.6) is 0 Å². The van der Waals surface area contributed by atoms with E-state index < -0.39 is 0 Å². The Balaban J connectivity index is 2.04. The summed E-state index contributed by atoms with van der Waals surface area (Å²) < 4.78 is 14.7. The predicted molar refractivity (Wildman–Crippen MR) is 80.0 cm³/mol. The molecule has 1 heterocycles. The first-order valence-corrected chi connectivity index (χ1v) is 6.67. The molecular weight excluding hydrogens is 309 g/mol. The number of hydrogen-bond acceptors (Lipinski definition) is 3. The molecule has 0 spiro atoms. The molecule has 0 radical (unpaired) electrons. The number of halogens is 2. The molecule has 3 nitrogen and oxygen atoms in total. The van der Waals surface area contributed by atoms with Crippen LogP contribution in [0.15, 0.2) is 41.0 Å². The van der Waals surface area contributed by atoms with Crippen molar-refractivity contribution in [2.45, 2.75) is 6.54 Å². The summed E-state index contributed by atoms with van der Waals surface area (Å²) in [6.45, 7) is 0.541. The molecule has 100 valence electrons. The normalized spacial score (nSPS) is 10.3. The number of benzene rings is 1. The standard InChI is InChI=1S/C14H15BrFN3/c1-19(2)13-5-3-10(7-12(13)16)8-17-14-6-4-11(15)9-18-14/h3-7,9H,8H2,1-2H3,(H,17,18). The molecule has 0 fully saturated rings. The van der Waals surface area contributed by atoms with E-state index in [2.05, 4.69) is 26.2 Å². The molecule has 0 aliphatic carbocycles. The third kappa shape index (κ3) is 3.67. The van der Waals surface area contributed by atoms with E-state index in [1.165, 1.54) is 0 Å². The average Bonchev–Trinajstić information content (AvgIpc) is 2.37. The van der Waals surface area contributed by atoms with Crippen molar-refractivity contribution in [1.29, 1.82) is 0 Å². The van der Waals surface area contributed by atoms with Crippen LogP contribution in [0.3, 0.4) is 0 Å². The highest BCUT2D eigenvalue weighted by Gasteiger charge is 2.05. The number of rotatable bonds is 4. The van der Waals surface area contributed by atoms with Gasteiger partial charge in [0.15, 0.2) is 0 Å². The van der Waals surface area contributed by atoms with E-state index in [-0.39, 0.29) is 5.82 Å². The molecule has 0 unspecified atom stereocenters. The zero-order valence-corrected chi connectivity index (χ0v) is 12.4. The second-order valence-electron chi connectivity index (χ2n) is 4.40. The zero-order valence-electron chi connectivity index (χ0n) is 10.8. The van der Waals surface area contributed by atoms with E-state index in [4.69, 9.17) is 0 Å². The van der Waals surface area contributed by atoms with Gasteiger partial charge in [-0.1, -0.05) is 6.07 Å². The molecule has 0 saturated carbocycles. The number of aromatic nitrogens is 1. The smallest absolute Gasteiger partial charge is 0.146 e. The van der Waals surface area contributed by atoms with Crippen LogP contribution in [-0.2, 0) is 6.54 Å². The maximum Gasteiger partial charge on any atom is 0.146 e. The lowest BCUT2D eigenvalue weighted by atomic mass is 10.2. The molecule has 2 aromatic rings. The van der Waals surface area contributed by atoms with E-state index in [0.717, 1.165) is 15.9 Å². The van der Waals surface area contributed by atoms with Gasteiger partial charge in [0.1, 0.15) is 11.6 Å². The van der Waals surface area contributed by atoms with Crippen LogP contribution in [0.2, 0.25) is 0 Å². The van der Waals surface area contributed by atoms with Crippen LogP contribution in [0.1, 0.15) is 5.56 Å². The Morgan fingerprint density at radius 1 is 1.26 bits per heavy atom. The summed E-state index contributed by atoms with van der Waals surface area (Å²) in [4.78, 5) is 5.95. The first kappa shape index (κ1) is 13.8. The minimum atomic E-state index is -0.215. The van der Waals surface area contributed by atoms with Crippen LogP contribution in [0.25, 0.3) is 0 Å². The lowest BCUT2D eigenvalue weighted by molar-refractivity contribution is 0.624. The van der Waals surface area contributed by atoms with Crippen molar-refractivity contribution in [1.82, 2.24) is 4.98 Å². The molecule has 1 N–H and O–H groups in total. The highest BCUT2D eigenvalue weighted by atomic mass is 79.9.